The number of sulfonamides is 1. The zero-order valence-electron chi connectivity index (χ0n) is 22.3. The van der Waals surface area contributed by atoms with E-state index in [9.17, 15) is 31.6 Å². The second-order valence-electron chi connectivity index (χ2n) is 9.21. The number of allylic oxidation sites excluding steroid dienone is 1. The van der Waals surface area contributed by atoms with Crippen molar-refractivity contribution in [3.63, 3.8) is 0 Å². The fourth-order valence-corrected chi connectivity index (χ4v) is 4.16. The summed E-state index contributed by atoms with van der Waals surface area (Å²) >= 11 is 0. The Morgan fingerprint density at radius 3 is 2.10 bits per heavy atom. The molecule has 4 N–H and O–H groups in total. The molecule has 0 saturated heterocycles. The molecule has 0 saturated carbocycles. The Labute approximate surface area is 229 Å². The summed E-state index contributed by atoms with van der Waals surface area (Å²) in [6, 6.07) is 12.8. The number of hydrogen-bond donors (Lipinski definition) is 4. The van der Waals surface area contributed by atoms with Crippen molar-refractivity contribution < 1.29 is 36.2 Å². The molecule has 2 atom stereocenters. The summed E-state index contributed by atoms with van der Waals surface area (Å²) in [6.07, 6.45) is 8.85. The Morgan fingerprint density at radius 1 is 1.00 bits per heavy atom. The summed E-state index contributed by atoms with van der Waals surface area (Å²) in [5.74, 6) is -3.09. The van der Waals surface area contributed by atoms with Crippen molar-refractivity contribution in [2.24, 2.45) is 17.8 Å². The molecule has 14 heteroatoms. The predicted octanol–water partition coefficient (Wildman–Crippen LogP) is 2.27. The molecule has 2 aromatic rings. The number of pyridine rings is 1. The third kappa shape index (κ3) is 14.5. The van der Waals surface area contributed by atoms with Gasteiger partial charge in [0.05, 0.1) is 30.9 Å². The molecule has 0 unspecified atom stereocenters. The zero-order valence-corrected chi connectivity index (χ0v) is 23.9. The van der Waals surface area contributed by atoms with Gasteiger partial charge in [0.25, 0.3) is 10.1 Å². The number of rotatable bonds is 12. The van der Waals surface area contributed by atoms with Gasteiger partial charge in [0.1, 0.15) is 0 Å². The minimum atomic E-state index is -3.81. The van der Waals surface area contributed by atoms with E-state index in [-0.39, 0.29) is 18.9 Å². The molecular formula is C25H36N4O8S2. The molecule has 1 heterocycles. The monoisotopic (exact) mass is 584 g/mol. The number of carbonyl (C=O) groups is 2. The van der Waals surface area contributed by atoms with Crippen LogP contribution in [0, 0.1) is 17.8 Å². The normalized spacial score (nSPS) is 13.4. The SMILES string of the molecule is CC(C)C[C@@H](C(=O)NN(Cc1cccnc1)S(C)(=O)=O)[C@H](CC=Cc1ccccc1)C(=O)NO.CS(=O)(=O)O. The lowest BCUT2D eigenvalue weighted by Crippen LogP contribution is -2.50. The second-order valence-corrected chi connectivity index (χ2v) is 12.6. The molecule has 0 fully saturated rings. The van der Waals surface area contributed by atoms with E-state index in [0.29, 0.717) is 18.2 Å². The average molecular weight is 585 g/mol. The summed E-state index contributed by atoms with van der Waals surface area (Å²) < 4.78 is 51.4. The van der Waals surface area contributed by atoms with Crippen LogP contribution in [0.3, 0.4) is 0 Å². The van der Waals surface area contributed by atoms with Crippen LogP contribution in [-0.2, 0) is 36.3 Å². The van der Waals surface area contributed by atoms with Gasteiger partial charge in [-0.1, -0.05) is 62.4 Å². The first-order chi connectivity index (χ1) is 18.1. The van der Waals surface area contributed by atoms with Crippen molar-refractivity contribution in [1.82, 2.24) is 20.3 Å². The number of hydroxylamine groups is 1. The van der Waals surface area contributed by atoms with Crippen LogP contribution in [0.15, 0.2) is 60.9 Å². The van der Waals surface area contributed by atoms with Crippen LogP contribution in [0.5, 0.6) is 0 Å². The Kier molecular flexibility index (Phi) is 13.9. The largest absolute Gasteiger partial charge is 0.289 e. The van der Waals surface area contributed by atoms with Gasteiger partial charge in [0, 0.05) is 12.4 Å². The highest BCUT2D eigenvalue weighted by molar-refractivity contribution is 7.88. The van der Waals surface area contributed by atoms with E-state index in [1.54, 1.807) is 29.9 Å². The fraction of sp³-hybridized carbons (Fsp3) is 0.400. The van der Waals surface area contributed by atoms with Crippen molar-refractivity contribution in [2.75, 3.05) is 12.5 Å². The molecule has 0 radical (unpaired) electrons. The lowest BCUT2D eigenvalue weighted by Gasteiger charge is -2.28. The van der Waals surface area contributed by atoms with Gasteiger partial charge in [-0.2, -0.15) is 8.42 Å². The van der Waals surface area contributed by atoms with Gasteiger partial charge < -0.3 is 0 Å². The molecule has 0 bridgehead atoms. The molecule has 0 spiro atoms. The third-order valence-electron chi connectivity index (χ3n) is 5.18. The maximum atomic E-state index is 13.3. The van der Waals surface area contributed by atoms with E-state index in [1.165, 1.54) is 6.20 Å². The first-order valence-electron chi connectivity index (χ1n) is 11.9. The van der Waals surface area contributed by atoms with Gasteiger partial charge in [-0.3, -0.25) is 29.8 Å². The van der Waals surface area contributed by atoms with Gasteiger partial charge in [-0.05, 0) is 36.0 Å². The molecule has 12 nitrogen and oxygen atoms in total. The number of nitrogens with zero attached hydrogens (tertiary/aromatic N) is 2. The summed E-state index contributed by atoms with van der Waals surface area (Å²) in [4.78, 5) is 29.8. The van der Waals surface area contributed by atoms with Crippen molar-refractivity contribution in [2.45, 2.75) is 33.2 Å². The Morgan fingerprint density at radius 2 is 1.62 bits per heavy atom. The molecule has 0 aliphatic carbocycles. The summed E-state index contributed by atoms with van der Waals surface area (Å²) in [5, 5.41) is 9.32. The zero-order chi connectivity index (χ0) is 29.6. The van der Waals surface area contributed by atoms with E-state index in [2.05, 4.69) is 10.4 Å². The molecule has 39 heavy (non-hydrogen) atoms. The van der Waals surface area contributed by atoms with Crippen LogP contribution in [0.4, 0.5) is 0 Å². The standard InChI is InChI=1S/C24H32N4O5S.CH4O3S/c1-18(2)15-22(21(24(30)27-31)13-7-11-19-9-5-4-6-10-19)23(29)26-28(34(3,32)33)17-20-12-8-14-25-16-20;1-5(2,3)4/h4-12,14,16,18,21-22,31H,13,15,17H2,1-3H3,(H,26,29)(H,27,30);1H3,(H,2,3,4)/t21-,22+;/m0./s1. The van der Waals surface area contributed by atoms with E-state index in [4.69, 9.17) is 4.55 Å². The Balaban J connectivity index is 0.00000139. The molecule has 0 aliphatic heterocycles. The first kappa shape index (κ1) is 33.9. The molecular weight excluding hydrogens is 548 g/mol. The van der Waals surface area contributed by atoms with Gasteiger partial charge in [0.15, 0.2) is 0 Å². The summed E-state index contributed by atoms with van der Waals surface area (Å²) in [6.45, 7) is 3.69. The van der Waals surface area contributed by atoms with Crippen LogP contribution >= 0.6 is 0 Å². The lowest BCUT2D eigenvalue weighted by atomic mass is 9.82. The number of aromatic nitrogens is 1. The highest BCUT2D eigenvalue weighted by Crippen LogP contribution is 2.26. The maximum absolute atomic E-state index is 13.3. The Hall–Kier alpha value is -3.17. The van der Waals surface area contributed by atoms with Crippen LogP contribution in [0.25, 0.3) is 6.08 Å². The van der Waals surface area contributed by atoms with E-state index in [0.717, 1.165) is 16.2 Å². The quantitative estimate of drug-likeness (QED) is 0.165. The molecule has 1 aromatic carbocycles. The topological polar surface area (TPSA) is 183 Å². The van der Waals surface area contributed by atoms with E-state index in [1.807, 2.05) is 50.3 Å². The van der Waals surface area contributed by atoms with E-state index < -0.39 is 43.8 Å². The molecule has 0 aliphatic rings. The van der Waals surface area contributed by atoms with Crippen molar-refractivity contribution in [3.05, 3.63) is 72.1 Å². The van der Waals surface area contributed by atoms with E-state index >= 15 is 0 Å². The average Bonchev–Trinajstić information content (AvgIpc) is 2.84. The highest BCUT2D eigenvalue weighted by Gasteiger charge is 2.35. The third-order valence-corrected chi connectivity index (χ3v) is 6.20. The van der Waals surface area contributed by atoms with Gasteiger partial charge in [-0.15, -0.1) is 4.41 Å². The van der Waals surface area contributed by atoms with Crippen molar-refractivity contribution in [1.29, 1.82) is 0 Å². The predicted molar refractivity (Wildman–Crippen MR) is 147 cm³/mol. The van der Waals surface area contributed by atoms with Crippen LogP contribution in [0.2, 0.25) is 0 Å². The number of hydrazine groups is 1. The molecule has 216 valence electrons. The number of nitrogens with one attached hydrogen (secondary N) is 2. The number of carbonyl (C=O) groups excluding carboxylic acids is 2. The minimum Gasteiger partial charge on any atom is -0.289 e. The van der Waals surface area contributed by atoms with Crippen molar-refractivity contribution >= 4 is 38.0 Å². The van der Waals surface area contributed by atoms with Gasteiger partial charge in [0.2, 0.25) is 21.8 Å². The fourth-order valence-electron chi connectivity index (χ4n) is 3.52. The molecule has 1 aromatic heterocycles. The molecule has 2 rings (SSSR count). The summed E-state index contributed by atoms with van der Waals surface area (Å²) in [5.41, 5.74) is 5.64. The summed E-state index contributed by atoms with van der Waals surface area (Å²) in [7, 11) is -7.48. The number of amides is 2. The van der Waals surface area contributed by atoms with Crippen molar-refractivity contribution in [3.8, 4) is 0 Å². The van der Waals surface area contributed by atoms with Crippen LogP contribution in [0.1, 0.15) is 37.8 Å². The number of benzene rings is 1. The first-order valence-corrected chi connectivity index (χ1v) is 15.6. The maximum Gasteiger partial charge on any atom is 0.261 e. The van der Waals surface area contributed by atoms with Crippen LogP contribution < -0.4 is 10.9 Å². The molecule has 2 amide bonds. The van der Waals surface area contributed by atoms with Crippen LogP contribution in [-0.4, -0.2) is 60.3 Å². The second kappa shape index (κ2) is 16.1. The highest BCUT2D eigenvalue weighted by atomic mass is 32.2. The Bertz CT molecular complexity index is 1280. The van der Waals surface area contributed by atoms with Gasteiger partial charge in [-0.25, -0.2) is 13.9 Å². The smallest absolute Gasteiger partial charge is 0.261 e. The van der Waals surface area contributed by atoms with Gasteiger partial charge >= 0.3 is 0 Å². The lowest BCUT2D eigenvalue weighted by molar-refractivity contribution is -0.142. The minimum absolute atomic E-state index is 0.0350. The number of hydrogen-bond acceptors (Lipinski definition) is 8.